The highest BCUT2D eigenvalue weighted by molar-refractivity contribution is 5.76. The Balaban J connectivity index is 2.08. The van der Waals surface area contributed by atoms with Crippen LogP contribution in [0.1, 0.15) is 11.5 Å². The highest BCUT2D eigenvalue weighted by Gasteiger charge is 2.19. The molecule has 20 heavy (non-hydrogen) atoms. The average Bonchev–Trinajstić information content (AvgIpc) is 2.48. The van der Waals surface area contributed by atoms with Gasteiger partial charge in [-0.2, -0.15) is 0 Å². The van der Waals surface area contributed by atoms with Crippen molar-refractivity contribution >= 4 is 11.8 Å². The lowest BCUT2D eigenvalue weighted by atomic mass is 9.99. The van der Waals surface area contributed by atoms with Crippen LogP contribution >= 0.6 is 0 Å². The molecular formula is C14H15N3O3. The van der Waals surface area contributed by atoms with Crippen molar-refractivity contribution in [3.63, 3.8) is 0 Å². The van der Waals surface area contributed by atoms with Crippen LogP contribution in [-0.2, 0) is 4.79 Å². The molecule has 2 aromatic rings. The first-order valence-corrected chi connectivity index (χ1v) is 6.08. The monoisotopic (exact) mass is 273 g/mol. The summed E-state index contributed by atoms with van der Waals surface area (Å²) in [6.45, 7) is 0.236. The smallest absolute Gasteiger partial charge is 0.312 e. The number of nitrogens with one attached hydrogen (secondary N) is 1. The standard InChI is InChI=1S/C14H15N3O3/c1-20-13-7-12(16-9-17-13)15-8-11(14(18)19)10-5-3-2-4-6-10/h2-7,9,11H,8H2,1H3,(H,18,19)(H,15,16,17). The van der Waals surface area contributed by atoms with Crippen molar-refractivity contribution in [2.75, 3.05) is 19.0 Å². The fourth-order valence-corrected chi connectivity index (χ4v) is 1.79. The van der Waals surface area contributed by atoms with Crippen LogP contribution in [0.15, 0.2) is 42.7 Å². The Bertz CT molecular complexity index is 575. The maximum Gasteiger partial charge on any atom is 0.312 e. The average molecular weight is 273 g/mol. The third-order valence-electron chi connectivity index (χ3n) is 2.84. The Morgan fingerprint density at radius 1 is 1.35 bits per heavy atom. The van der Waals surface area contributed by atoms with E-state index < -0.39 is 11.9 Å². The Hall–Kier alpha value is -2.63. The summed E-state index contributed by atoms with van der Waals surface area (Å²) in [4.78, 5) is 19.3. The van der Waals surface area contributed by atoms with Crippen LogP contribution in [0.25, 0.3) is 0 Å². The minimum atomic E-state index is -0.885. The number of carboxylic acids is 1. The number of aromatic nitrogens is 2. The lowest BCUT2D eigenvalue weighted by Gasteiger charge is -2.14. The molecule has 0 aliphatic heterocycles. The molecule has 1 aromatic carbocycles. The van der Waals surface area contributed by atoms with Crippen molar-refractivity contribution in [1.82, 2.24) is 9.97 Å². The summed E-state index contributed by atoms with van der Waals surface area (Å²) >= 11 is 0. The van der Waals surface area contributed by atoms with Crippen molar-refractivity contribution in [3.8, 4) is 5.88 Å². The molecule has 0 saturated carbocycles. The van der Waals surface area contributed by atoms with E-state index in [0.717, 1.165) is 5.56 Å². The molecule has 0 spiro atoms. The molecule has 6 nitrogen and oxygen atoms in total. The topological polar surface area (TPSA) is 84.3 Å². The van der Waals surface area contributed by atoms with Gasteiger partial charge in [-0.05, 0) is 5.56 Å². The first-order chi connectivity index (χ1) is 9.70. The van der Waals surface area contributed by atoms with E-state index in [-0.39, 0.29) is 6.54 Å². The molecule has 0 amide bonds. The van der Waals surface area contributed by atoms with Crippen molar-refractivity contribution in [3.05, 3.63) is 48.3 Å². The zero-order valence-electron chi connectivity index (χ0n) is 11.0. The van der Waals surface area contributed by atoms with Gasteiger partial charge in [-0.15, -0.1) is 0 Å². The summed E-state index contributed by atoms with van der Waals surface area (Å²) in [7, 11) is 1.51. The van der Waals surface area contributed by atoms with E-state index in [1.165, 1.54) is 13.4 Å². The molecule has 6 heteroatoms. The molecule has 0 bridgehead atoms. The normalized spacial score (nSPS) is 11.7. The highest BCUT2D eigenvalue weighted by atomic mass is 16.5. The fourth-order valence-electron chi connectivity index (χ4n) is 1.79. The molecule has 0 radical (unpaired) electrons. The Labute approximate surface area is 116 Å². The second-order valence-electron chi connectivity index (χ2n) is 4.13. The van der Waals surface area contributed by atoms with E-state index in [1.807, 2.05) is 18.2 Å². The first-order valence-electron chi connectivity index (χ1n) is 6.08. The van der Waals surface area contributed by atoms with Crippen molar-refractivity contribution in [2.24, 2.45) is 0 Å². The van der Waals surface area contributed by atoms with Gasteiger partial charge in [0, 0.05) is 12.6 Å². The number of methoxy groups -OCH3 is 1. The van der Waals surface area contributed by atoms with Crippen molar-refractivity contribution in [1.29, 1.82) is 0 Å². The predicted molar refractivity (Wildman–Crippen MR) is 73.9 cm³/mol. The lowest BCUT2D eigenvalue weighted by Crippen LogP contribution is -2.21. The first kappa shape index (κ1) is 13.8. The van der Waals surface area contributed by atoms with Crippen molar-refractivity contribution < 1.29 is 14.6 Å². The Morgan fingerprint density at radius 3 is 2.75 bits per heavy atom. The van der Waals surface area contributed by atoms with Gasteiger partial charge in [-0.1, -0.05) is 30.3 Å². The molecule has 0 saturated heterocycles. The fraction of sp³-hybridized carbons (Fsp3) is 0.214. The lowest BCUT2D eigenvalue weighted by molar-refractivity contribution is -0.138. The molecule has 0 fully saturated rings. The second-order valence-corrected chi connectivity index (χ2v) is 4.13. The minimum absolute atomic E-state index is 0.236. The van der Waals surface area contributed by atoms with E-state index >= 15 is 0 Å². The number of carbonyl (C=O) groups is 1. The van der Waals surface area contributed by atoms with E-state index in [2.05, 4.69) is 15.3 Å². The number of benzene rings is 1. The number of anilines is 1. The van der Waals surface area contributed by atoms with Gasteiger partial charge >= 0.3 is 5.97 Å². The highest BCUT2D eigenvalue weighted by Crippen LogP contribution is 2.17. The van der Waals surface area contributed by atoms with Crippen LogP contribution < -0.4 is 10.1 Å². The molecule has 1 unspecified atom stereocenters. The largest absolute Gasteiger partial charge is 0.481 e. The van der Waals surface area contributed by atoms with Gasteiger partial charge in [-0.3, -0.25) is 4.79 Å². The maximum absolute atomic E-state index is 11.3. The van der Waals surface area contributed by atoms with Gasteiger partial charge in [-0.25, -0.2) is 9.97 Å². The minimum Gasteiger partial charge on any atom is -0.481 e. The number of hydrogen-bond donors (Lipinski definition) is 2. The molecule has 1 atom stereocenters. The molecule has 1 heterocycles. The van der Waals surface area contributed by atoms with Crippen molar-refractivity contribution in [2.45, 2.75) is 5.92 Å². The zero-order chi connectivity index (χ0) is 14.4. The SMILES string of the molecule is COc1cc(NCC(C(=O)O)c2ccccc2)ncn1. The quantitative estimate of drug-likeness (QED) is 0.834. The molecule has 104 valence electrons. The number of rotatable bonds is 6. The summed E-state index contributed by atoms with van der Waals surface area (Å²) in [5, 5.41) is 12.3. The molecular weight excluding hydrogens is 258 g/mol. The summed E-state index contributed by atoms with van der Waals surface area (Å²) < 4.78 is 4.99. The second kappa shape index (κ2) is 6.51. The summed E-state index contributed by atoms with van der Waals surface area (Å²) in [6, 6.07) is 10.7. The summed E-state index contributed by atoms with van der Waals surface area (Å²) in [5.74, 6) is -0.574. The number of hydrogen-bond acceptors (Lipinski definition) is 5. The van der Waals surface area contributed by atoms with E-state index in [0.29, 0.717) is 11.7 Å². The van der Waals surface area contributed by atoms with Crippen LogP contribution in [0, 0.1) is 0 Å². The Kier molecular flexibility index (Phi) is 4.49. The van der Waals surface area contributed by atoms with Crippen LogP contribution in [0.3, 0.4) is 0 Å². The number of nitrogens with zero attached hydrogens (tertiary/aromatic N) is 2. The van der Waals surface area contributed by atoms with E-state index in [4.69, 9.17) is 4.74 Å². The zero-order valence-corrected chi connectivity index (χ0v) is 11.0. The van der Waals surface area contributed by atoms with Crippen LogP contribution in [-0.4, -0.2) is 34.7 Å². The van der Waals surface area contributed by atoms with Gasteiger partial charge in [0.05, 0.1) is 13.0 Å². The molecule has 0 aliphatic rings. The predicted octanol–water partition coefficient (Wildman–Crippen LogP) is 1.77. The number of aliphatic carboxylic acids is 1. The van der Waals surface area contributed by atoms with E-state index in [1.54, 1.807) is 18.2 Å². The summed E-state index contributed by atoms with van der Waals surface area (Å²) in [6.07, 6.45) is 1.36. The summed E-state index contributed by atoms with van der Waals surface area (Å²) in [5.41, 5.74) is 0.744. The van der Waals surface area contributed by atoms with Crippen LogP contribution in [0.5, 0.6) is 5.88 Å². The number of ether oxygens (including phenoxy) is 1. The van der Waals surface area contributed by atoms with Gasteiger partial charge in [0.25, 0.3) is 0 Å². The number of carboxylic acid groups (broad SMARTS) is 1. The van der Waals surface area contributed by atoms with Crippen LogP contribution in [0.2, 0.25) is 0 Å². The van der Waals surface area contributed by atoms with Gasteiger partial charge in [0.1, 0.15) is 12.1 Å². The van der Waals surface area contributed by atoms with Gasteiger partial charge < -0.3 is 15.2 Å². The molecule has 1 aromatic heterocycles. The van der Waals surface area contributed by atoms with Gasteiger partial charge in [0.15, 0.2) is 0 Å². The third-order valence-corrected chi connectivity index (χ3v) is 2.84. The van der Waals surface area contributed by atoms with Gasteiger partial charge in [0.2, 0.25) is 5.88 Å². The molecule has 2 N–H and O–H groups in total. The van der Waals surface area contributed by atoms with Crippen LogP contribution in [0.4, 0.5) is 5.82 Å². The Morgan fingerprint density at radius 2 is 2.10 bits per heavy atom. The molecule has 0 aliphatic carbocycles. The molecule has 2 rings (SSSR count). The third kappa shape index (κ3) is 3.44. The van der Waals surface area contributed by atoms with E-state index in [9.17, 15) is 9.90 Å². The maximum atomic E-state index is 11.3.